The van der Waals surface area contributed by atoms with E-state index in [-0.39, 0.29) is 5.54 Å². The van der Waals surface area contributed by atoms with Crippen molar-refractivity contribution in [3.05, 3.63) is 188 Å². The van der Waals surface area contributed by atoms with Crippen LogP contribution in [-0.4, -0.2) is 4.57 Å². The van der Waals surface area contributed by atoms with Crippen LogP contribution in [0.25, 0.3) is 66.0 Å². The van der Waals surface area contributed by atoms with Gasteiger partial charge in [-0.25, -0.2) is 0 Å². The molecule has 1 heterocycles. The van der Waals surface area contributed by atoms with E-state index in [9.17, 15) is 0 Å². The topological polar surface area (TPSA) is 8.17 Å². The van der Waals surface area contributed by atoms with E-state index in [0.29, 0.717) is 0 Å². The van der Waals surface area contributed by atoms with Gasteiger partial charge in [0.15, 0.2) is 0 Å². The van der Waals surface area contributed by atoms with Crippen LogP contribution < -0.4 is 4.90 Å². The van der Waals surface area contributed by atoms with Crippen molar-refractivity contribution in [3.8, 4) is 33.4 Å². The van der Waals surface area contributed by atoms with Gasteiger partial charge in [-0.1, -0.05) is 140 Å². The number of rotatable bonds is 6. The highest BCUT2D eigenvalue weighted by Crippen LogP contribution is 2.43. The van der Waals surface area contributed by atoms with E-state index in [1.54, 1.807) is 0 Å². The zero-order valence-electron chi connectivity index (χ0n) is 29.8. The molecule has 0 saturated heterocycles. The van der Waals surface area contributed by atoms with Gasteiger partial charge in [0.05, 0.1) is 5.69 Å². The minimum absolute atomic E-state index is 0.0199. The monoisotopic (exact) mass is 668 g/mol. The molecule has 0 fully saturated rings. The van der Waals surface area contributed by atoms with Crippen LogP contribution >= 0.6 is 0 Å². The zero-order valence-corrected chi connectivity index (χ0v) is 29.8. The molecule has 0 spiro atoms. The average Bonchev–Trinajstić information content (AvgIpc) is 3.54. The Balaban J connectivity index is 1.10. The van der Waals surface area contributed by atoms with Gasteiger partial charge in [0, 0.05) is 44.1 Å². The fourth-order valence-electron chi connectivity index (χ4n) is 7.89. The smallest absolute Gasteiger partial charge is 0.0540 e. The summed E-state index contributed by atoms with van der Waals surface area (Å²) in [6.07, 6.45) is 0. The van der Waals surface area contributed by atoms with Crippen molar-refractivity contribution in [1.29, 1.82) is 0 Å². The van der Waals surface area contributed by atoms with Crippen molar-refractivity contribution in [1.82, 2.24) is 4.57 Å². The first-order chi connectivity index (χ1) is 25.4. The molecule has 0 radical (unpaired) electrons. The molecule has 0 aliphatic carbocycles. The summed E-state index contributed by atoms with van der Waals surface area (Å²) in [5.74, 6) is 0. The first kappa shape index (κ1) is 31.6. The highest BCUT2D eigenvalue weighted by molar-refractivity contribution is 6.10. The molecule has 0 aliphatic rings. The molecule has 0 unspecified atom stereocenters. The Labute approximate surface area is 305 Å². The summed E-state index contributed by atoms with van der Waals surface area (Å²) < 4.78 is 2.47. The van der Waals surface area contributed by atoms with Crippen molar-refractivity contribution >= 4 is 49.6 Å². The van der Waals surface area contributed by atoms with Gasteiger partial charge in [-0.3, -0.25) is 0 Å². The summed E-state index contributed by atoms with van der Waals surface area (Å²) in [5, 5.41) is 5.03. The maximum absolute atomic E-state index is 2.47. The second-order valence-electron chi connectivity index (χ2n) is 14.6. The van der Waals surface area contributed by atoms with E-state index in [4.69, 9.17) is 0 Å². The molecule has 0 amide bonds. The summed E-state index contributed by atoms with van der Waals surface area (Å²) in [4.78, 5) is 2.37. The number of para-hydroxylation sites is 2. The van der Waals surface area contributed by atoms with Gasteiger partial charge in [-0.05, 0) is 108 Å². The van der Waals surface area contributed by atoms with E-state index in [0.717, 1.165) is 17.1 Å². The minimum atomic E-state index is -0.0199. The molecule has 9 aromatic rings. The number of benzene rings is 8. The summed E-state index contributed by atoms with van der Waals surface area (Å²) >= 11 is 0. The molecule has 1 aromatic heterocycles. The molecule has 0 N–H and O–H groups in total. The predicted octanol–water partition coefficient (Wildman–Crippen LogP) is 14.2. The van der Waals surface area contributed by atoms with Gasteiger partial charge >= 0.3 is 0 Å². The van der Waals surface area contributed by atoms with Gasteiger partial charge in [0.1, 0.15) is 0 Å². The minimum Gasteiger partial charge on any atom is -0.335 e. The van der Waals surface area contributed by atoms with Crippen LogP contribution in [0.3, 0.4) is 0 Å². The summed E-state index contributed by atoms with van der Waals surface area (Å²) in [5.41, 5.74) is 13.2. The Morgan fingerprint density at radius 3 is 1.58 bits per heavy atom. The molecule has 9 rings (SSSR count). The number of fused-ring (bicyclic) bond motifs is 4. The van der Waals surface area contributed by atoms with E-state index in [1.165, 1.54) is 66.0 Å². The molecule has 8 aromatic carbocycles. The third-order valence-electron chi connectivity index (χ3n) is 10.3. The van der Waals surface area contributed by atoms with Gasteiger partial charge in [-0.15, -0.1) is 0 Å². The second-order valence-corrected chi connectivity index (χ2v) is 14.6. The Morgan fingerprint density at radius 2 is 0.865 bits per heavy atom. The quantitative estimate of drug-likeness (QED) is 0.171. The molecule has 250 valence electrons. The lowest BCUT2D eigenvalue weighted by Gasteiger charge is -2.27. The molecule has 52 heavy (non-hydrogen) atoms. The number of hydrogen-bond donors (Lipinski definition) is 0. The third kappa shape index (κ3) is 5.54. The molecule has 0 atom stereocenters. The van der Waals surface area contributed by atoms with E-state index in [1.807, 2.05) is 0 Å². The summed E-state index contributed by atoms with van der Waals surface area (Å²) in [7, 11) is 0. The van der Waals surface area contributed by atoms with Crippen molar-refractivity contribution in [2.75, 3.05) is 4.90 Å². The van der Waals surface area contributed by atoms with Gasteiger partial charge in [-0.2, -0.15) is 0 Å². The number of hydrogen-bond acceptors (Lipinski definition) is 1. The maximum atomic E-state index is 2.47. The molecule has 0 aliphatic heterocycles. The molecular formula is C50H40N2. The Kier molecular flexibility index (Phi) is 7.74. The first-order valence-corrected chi connectivity index (χ1v) is 18.1. The second kappa shape index (κ2) is 12.7. The summed E-state index contributed by atoms with van der Waals surface area (Å²) in [6, 6.07) is 68.3. The van der Waals surface area contributed by atoms with Crippen LogP contribution in [0.15, 0.2) is 188 Å². The van der Waals surface area contributed by atoms with E-state index >= 15 is 0 Å². The molecule has 2 nitrogen and oxygen atoms in total. The fraction of sp³-hybridized carbons (Fsp3) is 0.0800. The number of anilines is 3. The van der Waals surface area contributed by atoms with Crippen LogP contribution in [0, 0.1) is 0 Å². The van der Waals surface area contributed by atoms with Crippen molar-refractivity contribution in [2.24, 2.45) is 0 Å². The van der Waals surface area contributed by atoms with E-state index < -0.39 is 0 Å². The predicted molar refractivity (Wildman–Crippen MR) is 223 cm³/mol. The Morgan fingerprint density at radius 1 is 0.365 bits per heavy atom. The van der Waals surface area contributed by atoms with Crippen LogP contribution in [0.1, 0.15) is 20.8 Å². The van der Waals surface area contributed by atoms with Crippen LogP contribution in [-0.2, 0) is 5.54 Å². The third-order valence-corrected chi connectivity index (χ3v) is 10.3. The van der Waals surface area contributed by atoms with Crippen LogP contribution in [0.2, 0.25) is 0 Å². The summed E-state index contributed by atoms with van der Waals surface area (Å²) in [6.45, 7) is 6.85. The van der Waals surface area contributed by atoms with Gasteiger partial charge < -0.3 is 9.47 Å². The Bertz CT molecular complexity index is 2680. The van der Waals surface area contributed by atoms with E-state index in [2.05, 4.69) is 218 Å². The van der Waals surface area contributed by atoms with Gasteiger partial charge in [0.25, 0.3) is 0 Å². The standard InChI is InChI=1S/C50H40N2/c1-50(2,3)52-48-21-13-12-20-45(48)46-34-39(28-32-49(46)52)37-22-24-38(25-23-37)42-31-33-47(44-19-11-10-18-43(42)44)51(40-16-8-5-9-17-40)41-29-26-36(27-30-41)35-14-6-4-7-15-35/h4-34H,1-3H3. The van der Waals surface area contributed by atoms with Gasteiger partial charge in [0.2, 0.25) is 0 Å². The van der Waals surface area contributed by atoms with Crippen LogP contribution in [0.4, 0.5) is 17.1 Å². The lowest BCUT2D eigenvalue weighted by Crippen LogP contribution is -2.21. The lowest BCUT2D eigenvalue weighted by molar-refractivity contribution is 0.423. The van der Waals surface area contributed by atoms with Crippen molar-refractivity contribution in [3.63, 3.8) is 0 Å². The van der Waals surface area contributed by atoms with Crippen molar-refractivity contribution in [2.45, 2.75) is 26.3 Å². The van der Waals surface area contributed by atoms with Crippen molar-refractivity contribution < 1.29 is 0 Å². The SMILES string of the molecule is CC(C)(C)n1c2ccccc2c2cc(-c3ccc(-c4ccc(N(c5ccccc5)c5ccc(-c6ccccc6)cc5)c5ccccc45)cc3)ccc21. The zero-order chi connectivity index (χ0) is 35.2. The highest BCUT2D eigenvalue weighted by atomic mass is 15.1. The number of aromatic nitrogens is 1. The molecular weight excluding hydrogens is 629 g/mol. The maximum Gasteiger partial charge on any atom is 0.0540 e. The normalized spacial score (nSPS) is 11.8. The molecule has 0 saturated carbocycles. The average molecular weight is 669 g/mol. The number of nitrogens with zero attached hydrogens (tertiary/aromatic N) is 2. The first-order valence-electron chi connectivity index (χ1n) is 18.1. The Hall–Kier alpha value is -6.38. The lowest BCUT2D eigenvalue weighted by atomic mass is 9.94. The molecule has 0 bridgehead atoms. The molecule has 2 heteroatoms. The highest BCUT2D eigenvalue weighted by Gasteiger charge is 2.21. The largest absolute Gasteiger partial charge is 0.335 e. The van der Waals surface area contributed by atoms with Crippen LogP contribution in [0.5, 0.6) is 0 Å². The fourth-order valence-corrected chi connectivity index (χ4v) is 7.89.